The van der Waals surface area contributed by atoms with Crippen molar-refractivity contribution >= 4 is 22.6 Å². The number of para-hydroxylation sites is 1. The lowest BCUT2D eigenvalue weighted by molar-refractivity contribution is 0.201. The van der Waals surface area contributed by atoms with Gasteiger partial charge in [-0.15, -0.1) is 0 Å². The molecule has 0 atom stereocenters. The van der Waals surface area contributed by atoms with E-state index in [0.717, 1.165) is 22.0 Å². The van der Waals surface area contributed by atoms with Crippen molar-refractivity contribution in [3.05, 3.63) is 99.5 Å². The molecule has 4 rings (SSSR count). The number of pyridine rings is 1. The topological polar surface area (TPSA) is 78.3 Å². The van der Waals surface area contributed by atoms with Crippen LogP contribution in [0, 0.1) is 19.7 Å². The summed E-state index contributed by atoms with van der Waals surface area (Å²) in [5.41, 5.74) is 3.14. The zero-order valence-corrected chi connectivity index (χ0v) is 17.2. The number of nitrogens with one attached hydrogen (secondary N) is 2. The lowest BCUT2D eigenvalue weighted by Crippen LogP contribution is -2.35. The van der Waals surface area contributed by atoms with Crippen molar-refractivity contribution in [2.45, 2.75) is 26.9 Å². The van der Waals surface area contributed by atoms with Gasteiger partial charge in [0.05, 0.1) is 25.0 Å². The lowest BCUT2D eigenvalue weighted by Gasteiger charge is -2.22. The van der Waals surface area contributed by atoms with E-state index in [9.17, 15) is 14.0 Å². The van der Waals surface area contributed by atoms with Crippen molar-refractivity contribution in [2.24, 2.45) is 0 Å². The number of halogens is 1. The van der Waals surface area contributed by atoms with Gasteiger partial charge in [0, 0.05) is 11.1 Å². The summed E-state index contributed by atoms with van der Waals surface area (Å²) in [6.45, 7) is 4.14. The van der Waals surface area contributed by atoms with Gasteiger partial charge in [-0.25, -0.2) is 9.18 Å². The van der Waals surface area contributed by atoms with Gasteiger partial charge >= 0.3 is 6.03 Å². The minimum atomic E-state index is -0.541. The van der Waals surface area contributed by atoms with Crippen LogP contribution >= 0.6 is 0 Å². The summed E-state index contributed by atoms with van der Waals surface area (Å²) in [5, 5.41) is 3.45. The highest BCUT2D eigenvalue weighted by Gasteiger charge is 2.19. The van der Waals surface area contributed by atoms with Gasteiger partial charge in [0.1, 0.15) is 11.6 Å². The van der Waals surface area contributed by atoms with Gasteiger partial charge < -0.3 is 19.6 Å². The third-order valence-corrected chi connectivity index (χ3v) is 5.23. The minimum Gasteiger partial charge on any atom is -0.467 e. The Balaban J connectivity index is 1.66. The first-order valence-electron chi connectivity index (χ1n) is 9.86. The molecule has 0 bridgehead atoms. The molecular formula is C24H22FN3O3. The molecule has 0 fully saturated rings. The molecule has 31 heavy (non-hydrogen) atoms. The smallest absolute Gasteiger partial charge is 0.322 e. The van der Waals surface area contributed by atoms with Crippen molar-refractivity contribution < 1.29 is 13.6 Å². The number of aryl methyl sites for hydroxylation is 2. The third-order valence-electron chi connectivity index (χ3n) is 5.23. The molecule has 0 aliphatic carbocycles. The summed E-state index contributed by atoms with van der Waals surface area (Å²) in [6, 6.07) is 14.6. The van der Waals surface area contributed by atoms with Crippen LogP contribution in [0.5, 0.6) is 0 Å². The summed E-state index contributed by atoms with van der Waals surface area (Å²) < 4.78 is 19.4. The van der Waals surface area contributed by atoms with Crippen LogP contribution in [-0.4, -0.2) is 15.9 Å². The second-order valence-corrected chi connectivity index (χ2v) is 7.49. The fourth-order valence-corrected chi connectivity index (χ4v) is 3.39. The van der Waals surface area contributed by atoms with Crippen molar-refractivity contribution in [2.75, 3.05) is 5.32 Å². The van der Waals surface area contributed by atoms with Gasteiger partial charge in [-0.3, -0.25) is 4.79 Å². The molecule has 0 radical (unpaired) electrons. The molecule has 2 N–H and O–H groups in total. The normalized spacial score (nSPS) is 10.9. The number of anilines is 1. The molecule has 6 nitrogen and oxygen atoms in total. The summed E-state index contributed by atoms with van der Waals surface area (Å²) in [7, 11) is 0. The Hall–Kier alpha value is -3.87. The fourth-order valence-electron chi connectivity index (χ4n) is 3.39. The van der Waals surface area contributed by atoms with Crippen molar-refractivity contribution in [1.82, 2.24) is 9.88 Å². The molecule has 0 unspecified atom stereocenters. The molecule has 0 aliphatic rings. The van der Waals surface area contributed by atoms with Gasteiger partial charge in [0.15, 0.2) is 0 Å². The highest BCUT2D eigenvalue weighted by atomic mass is 19.1. The van der Waals surface area contributed by atoms with Gasteiger partial charge in [-0.05, 0) is 72.8 Å². The van der Waals surface area contributed by atoms with Crippen molar-refractivity contribution in [3.8, 4) is 0 Å². The van der Waals surface area contributed by atoms with E-state index in [1.807, 2.05) is 26.0 Å². The SMILES string of the molecule is Cc1cc2cc(CN(Cc3ccco3)C(=O)Nc3ccccc3F)c(=O)[nH]c2cc1C. The summed E-state index contributed by atoms with van der Waals surface area (Å²) in [4.78, 5) is 30.0. The van der Waals surface area contributed by atoms with E-state index in [1.54, 1.807) is 30.3 Å². The molecule has 4 aromatic rings. The van der Waals surface area contributed by atoms with Crippen LogP contribution in [0.4, 0.5) is 14.9 Å². The molecule has 2 aromatic carbocycles. The monoisotopic (exact) mass is 419 g/mol. The van der Waals surface area contributed by atoms with Gasteiger partial charge in [-0.1, -0.05) is 12.1 Å². The van der Waals surface area contributed by atoms with Crippen LogP contribution < -0.4 is 10.9 Å². The van der Waals surface area contributed by atoms with E-state index in [0.29, 0.717) is 11.3 Å². The first-order valence-corrected chi connectivity index (χ1v) is 9.86. The number of nitrogens with zero attached hydrogens (tertiary/aromatic N) is 1. The molecule has 0 saturated heterocycles. The number of furan rings is 1. The number of rotatable bonds is 5. The highest BCUT2D eigenvalue weighted by molar-refractivity contribution is 5.89. The van der Waals surface area contributed by atoms with Crippen LogP contribution in [0.25, 0.3) is 10.9 Å². The van der Waals surface area contributed by atoms with Gasteiger partial charge in [-0.2, -0.15) is 0 Å². The number of fused-ring (bicyclic) bond motifs is 1. The van der Waals surface area contributed by atoms with Crippen molar-refractivity contribution in [3.63, 3.8) is 0 Å². The number of hydrogen-bond acceptors (Lipinski definition) is 3. The maximum absolute atomic E-state index is 14.0. The molecule has 2 aromatic heterocycles. The molecule has 0 spiro atoms. The Morgan fingerprint density at radius 3 is 2.58 bits per heavy atom. The van der Waals surface area contributed by atoms with E-state index in [-0.39, 0.29) is 24.3 Å². The lowest BCUT2D eigenvalue weighted by atomic mass is 10.0. The fraction of sp³-hybridized carbons (Fsp3) is 0.167. The highest BCUT2D eigenvalue weighted by Crippen LogP contribution is 2.19. The summed E-state index contributed by atoms with van der Waals surface area (Å²) in [6.07, 6.45) is 1.51. The number of carbonyl (C=O) groups is 1. The van der Waals surface area contributed by atoms with E-state index in [1.165, 1.54) is 23.3 Å². The van der Waals surface area contributed by atoms with Gasteiger partial charge in [0.25, 0.3) is 5.56 Å². The number of carbonyl (C=O) groups excluding carboxylic acids is 1. The standard InChI is InChI=1S/C24H22FN3O3/c1-15-10-17-12-18(23(29)26-22(17)11-16(15)2)13-28(14-19-6-5-9-31-19)24(30)27-21-8-4-3-7-20(21)25/h3-12H,13-14H2,1-2H3,(H,26,29)(H,27,30). The zero-order chi connectivity index (χ0) is 22.0. The summed E-state index contributed by atoms with van der Waals surface area (Å²) >= 11 is 0. The summed E-state index contributed by atoms with van der Waals surface area (Å²) in [5.74, 6) is 0.00978. The average molecular weight is 419 g/mol. The number of hydrogen-bond donors (Lipinski definition) is 2. The van der Waals surface area contributed by atoms with E-state index in [4.69, 9.17) is 4.42 Å². The zero-order valence-electron chi connectivity index (χ0n) is 17.2. The molecule has 2 amide bonds. The van der Waals surface area contributed by atoms with Gasteiger partial charge in [0.2, 0.25) is 0 Å². The molecule has 7 heteroatoms. The number of amides is 2. The molecule has 2 heterocycles. The van der Waals surface area contributed by atoms with E-state index < -0.39 is 11.8 Å². The Morgan fingerprint density at radius 2 is 1.84 bits per heavy atom. The van der Waals surface area contributed by atoms with E-state index >= 15 is 0 Å². The predicted octanol–water partition coefficient (Wildman–Crippen LogP) is 5.11. The predicted molar refractivity (Wildman–Crippen MR) is 117 cm³/mol. The number of benzene rings is 2. The Bertz CT molecular complexity index is 1300. The first kappa shape index (κ1) is 20.4. The van der Waals surface area contributed by atoms with Crippen LogP contribution in [0.3, 0.4) is 0 Å². The van der Waals surface area contributed by atoms with Crippen LogP contribution in [0.15, 0.2) is 70.1 Å². The Kier molecular flexibility index (Phi) is 5.58. The van der Waals surface area contributed by atoms with E-state index in [2.05, 4.69) is 10.3 Å². The van der Waals surface area contributed by atoms with Crippen LogP contribution in [0.2, 0.25) is 0 Å². The number of urea groups is 1. The molecule has 0 aliphatic heterocycles. The van der Waals surface area contributed by atoms with Crippen LogP contribution in [0.1, 0.15) is 22.5 Å². The molecule has 0 saturated carbocycles. The maximum Gasteiger partial charge on any atom is 0.322 e. The van der Waals surface area contributed by atoms with Crippen molar-refractivity contribution in [1.29, 1.82) is 0 Å². The number of aromatic amines is 1. The minimum absolute atomic E-state index is 0.0270. The Morgan fingerprint density at radius 1 is 1.06 bits per heavy atom. The number of H-pyrrole nitrogens is 1. The second-order valence-electron chi connectivity index (χ2n) is 7.49. The third kappa shape index (κ3) is 4.50. The quantitative estimate of drug-likeness (QED) is 0.472. The largest absolute Gasteiger partial charge is 0.467 e. The average Bonchev–Trinajstić information content (AvgIpc) is 3.24. The number of aromatic nitrogens is 1. The maximum atomic E-state index is 14.0. The molecular weight excluding hydrogens is 397 g/mol. The first-order chi connectivity index (χ1) is 14.9. The Labute approximate surface area is 178 Å². The molecule has 158 valence electrons. The van der Waals surface area contributed by atoms with Crippen LogP contribution in [-0.2, 0) is 13.1 Å². The second kappa shape index (κ2) is 8.47.